The fourth-order valence-electron chi connectivity index (χ4n) is 1.35. The first-order valence-corrected chi connectivity index (χ1v) is 6.56. The molecule has 0 saturated carbocycles. The van der Waals surface area contributed by atoms with Gasteiger partial charge in [0.1, 0.15) is 5.75 Å². The van der Waals surface area contributed by atoms with E-state index in [-0.39, 0.29) is 6.04 Å². The first-order chi connectivity index (χ1) is 8.69. The maximum atomic E-state index is 11.3. The van der Waals surface area contributed by atoms with Crippen molar-refractivity contribution < 1.29 is 14.3 Å². The molecule has 19 heavy (non-hydrogen) atoms. The maximum Gasteiger partial charge on any atom is 0.517 e. The molecule has 0 saturated heterocycles. The van der Waals surface area contributed by atoms with Gasteiger partial charge in [-0.3, -0.25) is 0 Å². The fourth-order valence-corrected chi connectivity index (χ4v) is 1.54. The Bertz CT molecular complexity index is 446. The van der Waals surface area contributed by atoms with E-state index in [2.05, 4.69) is 4.74 Å². The van der Waals surface area contributed by atoms with Crippen molar-refractivity contribution in [3.8, 4) is 5.75 Å². The lowest BCUT2D eigenvalue weighted by Gasteiger charge is -2.20. The zero-order valence-corrected chi connectivity index (χ0v) is 13.0. The molecule has 0 spiro atoms. The van der Waals surface area contributed by atoms with Crippen LogP contribution in [0.25, 0.3) is 0 Å². The molecule has 0 aliphatic heterocycles. The van der Waals surface area contributed by atoms with Gasteiger partial charge in [-0.25, -0.2) is 4.79 Å². The van der Waals surface area contributed by atoms with Gasteiger partial charge >= 0.3 is 10.1 Å². The number of alkyl halides is 3. The normalized spacial score (nSPS) is 13.2. The summed E-state index contributed by atoms with van der Waals surface area (Å²) < 4.78 is 7.21. The van der Waals surface area contributed by atoms with Crippen LogP contribution >= 0.6 is 34.8 Å². The quantitative estimate of drug-likeness (QED) is 0.475. The molecule has 0 bridgehead atoms. The Morgan fingerprint density at radius 3 is 2.47 bits per heavy atom. The van der Waals surface area contributed by atoms with Crippen LogP contribution in [0.15, 0.2) is 24.3 Å². The minimum atomic E-state index is -2.13. The van der Waals surface area contributed by atoms with E-state index in [1.54, 1.807) is 18.2 Å². The van der Waals surface area contributed by atoms with Crippen molar-refractivity contribution in [3.63, 3.8) is 0 Å². The Balaban J connectivity index is 2.75. The van der Waals surface area contributed by atoms with Crippen LogP contribution in [0.5, 0.6) is 5.75 Å². The summed E-state index contributed by atoms with van der Waals surface area (Å²) in [6.45, 7) is 2.03. The number of benzene rings is 1. The molecular formula is C12H14Cl3NO3. The Hall–Kier alpha value is -0.680. The molecule has 0 amide bonds. The van der Waals surface area contributed by atoms with Crippen LogP contribution in [0.2, 0.25) is 0 Å². The molecule has 7 heteroatoms. The Kier molecular flexibility index (Phi) is 5.74. The zero-order valence-electron chi connectivity index (χ0n) is 10.7. The highest BCUT2D eigenvalue weighted by atomic mass is 35.6. The molecule has 1 unspecified atom stereocenters. The number of carbonyl (C=O) groups excluding carboxylic acids is 1. The van der Waals surface area contributed by atoms with Crippen LogP contribution in [0.1, 0.15) is 18.5 Å². The number of nitrogens with zero attached hydrogens (tertiary/aromatic N) is 1. The van der Waals surface area contributed by atoms with Crippen LogP contribution in [0.3, 0.4) is 0 Å². The molecule has 4 nitrogen and oxygen atoms in total. The van der Waals surface area contributed by atoms with Crippen molar-refractivity contribution in [3.05, 3.63) is 29.8 Å². The van der Waals surface area contributed by atoms with E-state index in [0.29, 0.717) is 5.75 Å². The van der Waals surface area contributed by atoms with Gasteiger partial charge in [0.2, 0.25) is 0 Å². The van der Waals surface area contributed by atoms with Crippen LogP contribution in [0.4, 0.5) is 4.79 Å². The third-order valence-electron chi connectivity index (χ3n) is 2.52. The Morgan fingerprint density at radius 1 is 1.32 bits per heavy atom. The van der Waals surface area contributed by atoms with Gasteiger partial charge in [0.15, 0.2) is 0 Å². The molecule has 1 rings (SSSR count). The number of halogens is 3. The SMILES string of the molecule is CC(c1cccc(OC(=O)OC(Cl)(Cl)Cl)c1)N(C)C. The van der Waals surface area contributed by atoms with Crippen molar-refractivity contribution in [1.82, 2.24) is 4.90 Å². The van der Waals surface area contributed by atoms with Crippen molar-refractivity contribution in [2.75, 3.05) is 14.1 Å². The van der Waals surface area contributed by atoms with E-state index in [0.717, 1.165) is 5.56 Å². The summed E-state index contributed by atoms with van der Waals surface area (Å²) in [5, 5.41) is 0. The smallest absolute Gasteiger partial charge is 0.395 e. The fraction of sp³-hybridized carbons (Fsp3) is 0.417. The molecule has 1 atom stereocenters. The second-order valence-electron chi connectivity index (χ2n) is 4.11. The summed E-state index contributed by atoms with van der Waals surface area (Å²) in [7, 11) is 3.91. The van der Waals surface area contributed by atoms with Crippen molar-refractivity contribution in [2.45, 2.75) is 16.9 Å². The number of rotatable bonds is 3. The van der Waals surface area contributed by atoms with E-state index >= 15 is 0 Å². The summed E-state index contributed by atoms with van der Waals surface area (Å²) in [5.74, 6) is 0.324. The van der Waals surface area contributed by atoms with Gasteiger partial charge in [-0.05, 0) is 73.5 Å². The van der Waals surface area contributed by atoms with Gasteiger partial charge in [-0.1, -0.05) is 12.1 Å². The summed E-state index contributed by atoms with van der Waals surface area (Å²) in [6, 6.07) is 7.22. The highest BCUT2D eigenvalue weighted by Gasteiger charge is 2.26. The molecule has 1 aromatic carbocycles. The van der Waals surface area contributed by atoms with E-state index < -0.39 is 10.1 Å². The van der Waals surface area contributed by atoms with E-state index in [1.165, 1.54) is 0 Å². The summed E-state index contributed by atoms with van der Waals surface area (Å²) in [5.41, 5.74) is 0.990. The maximum absolute atomic E-state index is 11.3. The Labute approximate surface area is 127 Å². The molecule has 0 aliphatic rings. The largest absolute Gasteiger partial charge is 0.517 e. The molecule has 0 heterocycles. The topological polar surface area (TPSA) is 38.8 Å². The van der Waals surface area contributed by atoms with Crippen molar-refractivity contribution in [2.24, 2.45) is 0 Å². The average molecular weight is 327 g/mol. The lowest BCUT2D eigenvalue weighted by Crippen LogP contribution is -2.20. The van der Waals surface area contributed by atoms with Gasteiger partial charge in [0.05, 0.1) is 0 Å². The third kappa shape index (κ3) is 5.87. The molecule has 0 fully saturated rings. The third-order valence-corrected chi connectivity index (χ3v) is 2.75. The number of carbonyl (C=O) groups is 1. The second kappa shape index (κ2) is 6.66. The second-order valence-corrected chi connectivity index (χ2v) is 6.29. The van der Waals surface area contributed by atoms with Gasteiger partial charge in [0, 0.05) is 6.04 Å². The Morgan fingerprint density at radius 2 is 1.95 bits per heavy atom. The highest BCUT2D eigenvalue weighted by Crippen LogP contribution is 2.28. The van der Waals surface area contributed by atoms with Gasteiger partial charge in [-0.15, -0.1) is 0 Å². The number of hydrogen-bond donors (Lipinski definition) is 0. The van der Waals surface area contributed by atoms with Crippen LogP contribution < -0.4 is 4.74 Å². The van der Waals surface area contributed by atoms with Gasteiger partial charge < -0.3 is 14.4 Å². The van der Waals surface area contributed by atoms with E-state index in [9.17, 15) is 4.79 Å². The number of hydrogen-bond acceptors (Lipinski definition) is 4. The van der Waals surface area contributed by atoms with Gasteiger partial charge in [0.25, 0.3) is 0 Å². The minimum absolute atomic E-state index is 0.174. The summed E-state index contributed by atoms with van der Waals surface area (Å²) in [4.78, 5) is 13.4. The lowest BCUT2D eigenvalue weighted by molar-refractivity contribution is 0.0967. The molecule has 0 aliphatic carbocycles. The van der Waals surface area contributed by atoms with Crippen LogP contribution in [-0.4, -0.2) is 29.1 Å². The first-order valence-electron chi connectivity index (χ1n) is 5.43. The highest BCUT2D eigenvalue weighted by molar-refractivity contribution is 6.66. The molecule has 106 valence electrons. The predicted octanol–water partition coefficient (Wildman–Crippen LogP) is 4.15. The molecule has 0 N–H and O–H groups in total. The predicted molar refractivity (Wildman–Crippen MR) is 75.9 cm³/mol. The standard InChI is InChI=1S/C12H14Cl3NO3/c1-8(16(2)3)9-5-4-6-10(7-9)18-11(17)19-12(13,14)15/h4-8H,1-3H3. The first kappa shape index (κ1) is 16.4. The minimum Gasteiger partial charge on any atom is -0.395 e. The zero-order chi connectivity index (χ0) is 14.6. The van der Waals surface area contributed by atoms with E-state index in [1.807, 2.05) is 32.0 Å². The van der Waals surface area contributed by atoms with Crippen molar-refractivity contribution >= 4 is 41.0 Å². The molecule has 0 aromatic heterocycles. The monoisotopic (exact) mass is 325 g/mol. The molecule has 0 radical (unpaired) electrons. The number of ether oxygens (including phenoxy) is 2. The average Bonchev–Trinajstić information content (AvgIpc) is 2.25. The lowest BCUT2D eigenvalue weighted by atomic mass is 10.1. The van der Waals surface area contributed by atoms with Crippen LogP contribution in [-0.2, 0) is 4.74 Å². The van der Waals surface area contributed by atoms with Gasteiger partial charge in [-0.2, -0.15) is 0 Å². The molecule has 1 aromatic rings. The van der Waals surface area contributed by atoms with Crippen LogP contribution in [0, 0.1) is 0 Å². The summed E-state index contributed by atoms with van der Waals surface area (Å²) in [6.07, 6.45) is -1.07. The molecular weight excluding hydrogens is 312 g/mol. The van der Waals surface area contributed by atoms with E-state index in [4.69, 9.17) is 39.5 Å². The summed E-state index contributed by atoms with van der Waals surface area (Å²) >= 11 is 16.0. The van der Waals surface area contributed by atoms with Crippen molar-refractivity contribution in [1.29, 1.82) is 0 Å².